The summed E-state index contributed by atoms with van der Waals surface area (Å²) in [7, 11) is 0. The highest BCUT2D eigenvalue weighted by Gasteiger charge is 2.26. The number of oxazole rings is 1. The van der Waals surface area contributed by atoms with Gasteiger partial charge in [0, 0.05) is 59.3 Å². The first kappa shape index (κ1) is 36.7. The van der Waals surface area contributed by atoms with E-state index in [0.29, 0.717) is 23.4 Å². The largest absolute Gasteiger partial charge is 0.434 e. The Kier molecular flexibility index (Phi) is 8.02. The Bertz CT molecular complexity index is 4170. The molecule has 5 aromatic heterocycles. The third-order valence-electron chi connectivity index (χ3n) is 12.8. The summed E-state index contributed by atoms with van der Waals surface area (Å²) in [5.41, 5.74) is 11.7. The lowest BCUT2D eigenvalue weighted by atomic mass is 10.0. The number of hydrogen-bond donors (Lipinski definition) is 0. The van der Waals surface area contributed by atoms with Crippen LogP contribution in [0, 0.1) is 0 Å². The molecule has 0 amide bonds. The zero-order chi connectivity index (χ0) is 43.3. The van der Waals surface area contributed by atoms with Gasteiger partial charge in [-0.25, -0.2) is 19.9 Å². The third-order valence-corrected chi connectivity index (χ3v) is 14.0. The van der Waals surface area contributed by atoms with Crippen molar-refractivity contribution in [1.29, 1.82) is 0 Å². The van der Waals surface area contributed by atoms with Crippen LogP contribution < -0.4 is 0 Å². The number of nitrogens with zero attached hydrogens (tertiary/aromatic N) is 6. The van der Waals surface area contributed by atoms with Gasteiger partial charge in [0.25, 0.3) is 0 Å². The second-order valence-electron chi connectivity index (χ2n) is 16.5. The van der Waals surface area contributed by atoms with E-state index < -0.39 is 0 Å². The molecule has 0 spiro atoms. The minimum Gasteiger partial charge on any atom is -0.434 e. The van der Waals surface area contributed by atoms with Crippen molar-refractivity contribution in [2.75, 3.05) is 0 Å². The van der Waals surface area contributed by atoms with Crippen LogP contribution in [0.25, 0.3) is 132 Å². The third kappa shape index (κ3) is 5.49. The summed E-state index contributed by atoms with van der Waals surface area (Å²) in [6.45, 7) is 0. The van der Waals surface area contributed by atoms with Crippen molar-refractivity contribution < 1.29 is 4.42 Å². The Balaban J connectivity index is 1.09. The van der Waals surface area contributed by atoms with Gasteiger partial charge in [-0.15, -0.1) is 11.3 Å². The molecule has 0 saturated heterocycles. The Morgan fingerprint density at radius 3 is 1.55 bits per heavy atom. The van der Waals surface area contributed by atoms with Gasteiger partial charge in [-0.2, -0.15) is 0 Å². The van der Waals surface area contributed by atoms with E-state index in [0.717, 1.165) is 98.4 Å². The molecule has 0 N–H and O–H groups in total. The van der Waals surface area contributed by atoms with Crippen molar-refractivity contribution in [2.24, 2.45) is 0 Å². The van der Waals surface area contributed by atoms with E-state index in [1.807, 2.05) is 72.8 Å². The first-order valence-corrected chi connectivity index (χ1v) is 22.8. The highest BCUT2D eigenvalue weighted by Crippen LogP contribution is 2.47. The van der Waals surface area contributed by atoms with Crippen molar-refractivity contribution >= 4 is 86.2 Å². The van der Waals surface area contributed by atoms with Crippen LogP contribution in [0.3, 0.4) is 0 Å². The van der Waals surface area contributed by atoms with Crippen LogP contribution in [-0.4, -0.2) is 29.1 Å². The van der Waals surface area contributed by atoms with Gasteiger partial charge in [0.1, 0.15) is 5.52 Å². The highest BCUT2D eigenvalue weighted by atomic mass is 32.1. The van der Waals surface area contributed by atoms with Gasteiger partial charge in [0.15, 0.2) is 23.1 Å². The maximum absolute atomic E-state index is 6.76. The Hall–Kier alpha value is -8.72. The van der Waals surface area contributed by atoms with Crippen molar-refractivity contribution in [3.63, 3.8) is 0 Å². The molecule has 0 aliphatic rings. The molecule has 9 aromatic carbocycles. The lowest BCUT2D eigenvalue weighted by Gasteiger charge is -2.15. The van der Waals surface area contributed by atoms with Gasteiger partial charge in [-0.1, -0.05) is 152 Å². The Labute approximate surface area is 381 Å². The molecule has 8 heteroatoms. The van der Waals surface area contributed by atoms with E-state index in [-0.39, 0.29) is 0 Å². The molecular formula is C58H34N6OS. The van der Waals surface area contributed by atoms with Crippen molar-refractivity contribution in [2.45, 2.75) is 0 Å². The van der Waals surface area contributed by atoms with E-state index in [9.17, 15) is 0 Å². The Morgan fingerprint density at radius 2 is 0.909 bits per heavy atom. The summed E-state index contributed by atoms with van der Waals surface area (Å²) < 4.78 is 14.0. The monoisotopic (exact) mass is 862 g/mol. The van der Waals surface area contributed by atoms with E-state index in [1.54, 1.807) is 11.3 Å². The van der Waals surface area contributed by atoms with Crippen molar-refractivity contribution in [3.8, 4) is 57.0 Å². The SMILES string of the molecule is c1ccc(-c2nc(-c3ccccc3)nc(-c3ccc(-n4c5ccccc5c5ccc6c7ccccc7n(-c7cccc8nc(-c9ccccc9)oc78)c6c54)c4sc5ccccc5c34)n2)cc1. The average molecular weight is 863 g/mol. The van der Waals surface area contributed by atoms with Gasteiger partial charge in [-0.05, 0) is 54.6 Å². The van der Waals surface area contributed by atoms with E-state index in [4.69, 9.17) is 24.4 Å². The maximum atomic E-state index is 6.76. The van der Waals surface area contributed by atoms with Crippen LogP contribution in [0.5, 0.6) is 0 Å². The van der Waals surface area contributed by atoms with Gasteiger partial charge < -0.3 is 13.6 Å². The molecule has 66 heavy (non-hydrogen) atoms. The van der Waals surface area contributed by atoms with Crippen LogP contribution in [-0.2, 0) is 0 Å². The predicted molar refractivity (Wildman–Crippen MR) is 271 cm³/mol. The van der Waals surface area contributed by atoms with Crippen LogP contribution in [0.15, 0.2) is 211 Å². The molecule has 0 atom stereocenters. The zero-order valence-corrected chi connectivity index (χ0v) is 35.9. The van der Waals surface area contributed by atoms with Crippen molar-refractivity contribution in [3.05, 3.63) is 206 Å². The molecule has 14 rings (SSSR count). The molecule has 7 nitrogen and oxygen atoms in total. The quantitative estimate of drug-likeness (QED) is 0.166. The molecule has 0 aliphatic heterocycles. The summed E-state index contributed by atoms with van der Waals surface area (Å²) in [5.74, 6) is 2.48. The van der Waals surface area contributed by atoms with Gasteiger partial charge in [0.2, 0.25) is 5.89 Å². The topological polar surface area (TPSA) is 74.6 Å². The summed E-state index contributed by atoms with van der Waals surface area (Å²) >= 11 is 1.81. The summed E-state index contributed by atoms with van der Waals surface area (Å²) in [4.78, 5) is 20.5. The van der Waals surface area contributed by atoms with Crippen molar-refractivity contribution in [1.82, 2.24) is 29.1 Å². The highest BCUT2D eigenvalue weighted by molar-refractivity contribution is 7.26. The fraction of sp³-hybridized carbons (Fsp3) is 0. The number of aromatic nitrogens is 6. The minimum absolute atomic E-state index is 0.593. The smallest absolute Gasteiger partial charge is 0.227 e. The molecule has 0 radical (unpaired) electrons. The Morgan fingerprint density at radius 1 is 0.379 bits per heavy atom. The number of thiophene rings is 1. The first-order chi connectivity index (χ1) is 32.7. The molecule has 0 unspecified atom stereocenters. The summed E-state index contributed by atoms with van der Waals surface area (Å²) in [5, 5.41) is 6.91. The number of fused-ring (bicyclic) bond motifs is 11. The lowest BCUT2D eigenvalue weighted by molar-refractivity contribution is 0.618. The number of para-hydroxylation sites is 3. The fourth-order valence-corrected chi connectivity index (χ4v) is 11.2. The van der Waals surface area contributed by atoms with E-state index >= 15 is 0 Å². The first-order valence-electron chi connectivity index (χ1n) is 22.0. The second kappa shape index (κ2) is 14.4. The molecule has 308 valence electrons. The van der Waals surface area contributed by atoms with E-state index in [2.05, 4.69) is 143 Å². The molecule has 0 saturated carbocycles. The molecule has 0 aliphatic carbocycles. The number of rotatable bonds is 6. The fourth-order valence-electron chi connectivity index (χ4n) is 9.92. The number of benzene rings is 9. The van der Waals surface area contributed by atoms with Crippen LogP contribution in [0.2, 0.25) is 0 Å². The summed E-state index contributed by atoms with van der Waals surface area (Å²) in [6.07, 6.45) is 0. The predicted octanol–water partition coefficient (Wildman–Crippen LogP) is 15.2. The lowest BCUT2D eigenvalue weighted by Crippen LogP contribution is -2.02. The molecule has 14 aromatic rings. The van der Waals surface area contributed by atoms with Crippen LogP contribution >= 0.6 is 11.3 Å². The zero-order valence-electron chi connectivity index (χ0n) is 35.1. The number of hydrogen-bond acceptors (Lipinski definition) is 6. The average Bonchev–Trinajstić information content (AvgIpc) is 4.17. The normalized spacial score (nSPS) is 11.9. The van der Waals surface area contributed by atoms with Crippen LogP contribution in [0.1, 0.15) is 0 Å². The van der Waals surface area contributed by atoms with E-state index in [1.165, 1.54) is 10.1 Å². The molecule has 5 heterocycles. The second-order valence-corrected chi connectivity index (χ2v) is 17.6. The van der Waals surface area contributed by atoms with Gasteiger partial charge in [-0.3, -0.25) is 0 Å². The molecular weight excluding hydrogens is 829 g/mol. The summed E-state index contributed by atoms with van der Waals surface area (Å²) in [6, 6.07) is 71.9. The maximum Gasteiger partial charge on any atom is 0.227 e. The molecule has 0 fully saturated rings. The standard InChI is InChI=1S/C58H34N6OS/c1-4-17-35(18-5-1)55-60-56(36-19-6-2-7-20-36)62-57(61-55)43-33-34-48(54-50(43)42-25-12-15-30-49(42)66-54)64-46-28-14-11-24-39(46)41-32-31-40-38-23-10-13-27-45(38)63(51(40)52(41)64)47-29-16-26-44-53(47)65-58(59-44)37-21-8-3-9-22-37/h1-34H. The molecule has 0 bridgehead atoms. The van der Waals surface area contributed by atoms with Crippen LogP contribution in [0.4, 0.5) is 0 Å². The minimum atomic E-state index is 0.593. The van der Waals surface area contributed by atoms with Gasteiger partial charge in [0.05, 0.1) is 38.1 Å². The van der Waals surface area contributed by atoms with Gasteiger partial charge >= 0.3 is 0 Å².